The molecule has 1 atom stereocenters. The van der Waals surface area contributed by atoms with Gasteiger partial charge in [-0.1, -0.05) is 18.2 Å². The molecule has 0 radical (unpaired) electrons. The van der Waals surface area contributed by atoms with Crippen LogP contribution in [-0.2, 0) is 9.53 Å². The lowest BCUT2D eigenvalue weighted by atomic mass is 9.90. The first-order valence-corrected chi connectivity index (χ1v) is 7.03. The van der Waals surface area contributed by atoms with E-state index in [2.05, 4.69) is 11.3 Å². The highest BCUT2D eigenvalue weighted by molar-refractivity contribution is 6.31. The minimum absolute atomic E-state index is 0.161. The van der Waals surface area contributed by atoms with E-state index in [4.69, 9.17) is 16.3 Å². The maximum atomic E-state index is 13.9. The third-order valence-electron chi connectivity index (χ3n) is 3.19. The molecule has 0 fully saturated rings. The maximum absolute atomic E-state index is 13.9. The zero-order valence-corrected chi connectivity index (χ0v) is 13.6. The Morgan fingerprint density at radius 2 is 1.96 bits per heavy atom. The van der Waals surface area contributed by atoms with Gasteiger partial charge in [-0.2, -0.15) is 13.2 Å². The molecule has 0 saturated heterocycles. The topological polar surface area (TPSA) is 55.8 Å². The van der Waals surface area contributed by atoms with Crippen molar-refractivity contribution in [3.05, 3.63) is 35.1 Å². The molecule has 0 aromatic heterocycles. The summed E-state index contributed by atoms with van der Waals surface area (Å²) in [7, 11) is 1.09. The van der Waals surface area contributed by atoms with Crippen molar-refractivity contribution in [2.75, 3.05) is 13.7 Å². The largest absolute Gasteiger partial charge is 0.493 e. The molecule has 1 unspecified atom stereocenters. The van der Waals surface area contributed by atoms with Gasteiger partial charge in [-0.05, 0) is 24.6 Å². The number of carbonyl (C=O) groups is 1. The highest BCUT2D eigenvalue weighted by atomic mass is 35.5. The molecule has 0 saturated carbocycles. The third-order valence-corrected chi connectivity index (χ3v) is 3.48. The van der Waals surface area contributed by atoms with Crippen LogP contribution in [0.2, 0.25) is 5.02 Å². The fourth-order valence-corrected chi connectivity index (χ4v) is 2.10. The molecule has 0 aliphatic carbocycles. The van der Waals surface area contributed by atoms with Gasteiger partial charge in [0.1, 0.15) is 0 Å². The molecule has 0 aliphatic heterocycles. The van der Waals surface area contributed by atoms with Gasteiger partial charge in [0, 0.05) is 12.0 Å². The van der Waals surface area contributed by atoms with Crippen LogP contribution in [-0.4, -0.2) is 36.6 Å². The van der Waals surface area contributed by atoms with E-state index >= 15 is 0 Å². The van der Waals surface area contributed by atoms with Gasteiger partial charge in [0.2, 0.25) is 0 Å². The van der Waals surface area contributed by atoms with Gasteiger partial charge in [-0.3, -0.25) is 0 Å². The molecule has 1 aromatic rings. The smallest absolute Gasteiger partial charge is 0.428 e. The normalized spacial score (nSPS) is 14.0. The highest BCUT2D eigenvalue weighted by Gasteiger charge is 2.61. The first-order valence-electron chi connectivity index (χ1n) is 6.66. The lowest BCUT2D eigenvalue weighted by Gasteiger charge is -2.29. The quantitative estimate of drug-likeness (QED) is 0.612. The van der Waals surface area contributed by atoms with Crippen LogP contribution in [0, 0.1) is 5.82 Å². The number of hydrogen-bond acceptors (Lipinski definition) is 4. The van der Waals surface area contributed by atoms with Crippen LogP contribution in [0.1, 0.15) is 18.9 Å². The van der Waals surface area contributed by atoms with Gasteiger partial charge in [0.15, 0.2) is 11.6 Å². The van der Waals surface area contributed by atoms with Crippen LogP contribution in [0.3, 0.4) is 0 Å². The third kappa shape index (κ3) is 3.81. The Morgan fingerprint density at radius 1 is 1.38 bits per heavy atom. The Kier molecular flexibility index (Phi) is 6.24. The molecule has 1 N–H and O–H groups in total. The molecule has 24 heavy (non-hydrogen) atoms. The first kappa shape index (κ1) is 20.2. The molecule has 4 nitrogen and oxygen atoms in total. The Bertz CT molecular complexity index is 645. The molecule has 0 aliphatic rings. The van der Waals surface area contributed by atoms with Crippen molar-refractivity contribution in [2.45, 2.75) is 25.1 Å². The minimum atomic E-state index is -5.32. The summed E-state index contributed by atoms with van der Waals surface area (Å²) in [5.41, 5.74) is -4.36. The molecule has 1 aromatic carbocycles. The summed E-state index contributed by atoms with van der Waals surface area (Å²) in [5, 5.41) is 9.54. The van der Waals surface area contributed by atoms with E-state index in [-0.39, 0.29) is 22.8 Å². The predicted molar refractivity (Wildman–Crippen MR) is 79.3 cm³/mol. The van der Waals surface area contributed by atoms with Crippen molar-refractivity contribution >= 4 is 23.1 Å². The molecule has 0 heterocycles. The van der Waals surface area contributed by atoms with E-state index in [1.165, 1.54) is 13.0 Å². The predicted octanol–water partition coefficient (Wildman–Crippen LogP) is 3.75. The summed E-state index contributed by atoms with van der Waals surface area (Å²) in [4.78, 5) is 11.6. The molecular formula is C15H15ClF4O4. The second kappa shape index (κ2) is 7.40. The van der Waals surface area contributed by atoms with Gasteiger partial charge in [0.05, 0.1) is 18.7 Å². The van der Waals surface area contributed by atoms with Crippen LogP contribution in [0.15, 0.2) is 18.7 Å². The number of methoxy groups -OCH3 is 1. The van der Waals surface area contributed by atoms with Crippen molar-refractivity contribution in [3.63, 3.8) is 0 Å². The number of benzene rings is 1. The highest BCUT2D eigenvalue weighted by Crippen LogP contribution is 2.41. The lowest BCUT2D eigenvalue weighted by Crippen LogP contribution is -2.53. The van der Waals surface area contributed by atoms with E-state index in [0.29, 0.717) is 0 Å². The zero-order chi connectivity index (χ0) is 18.7. The fourth-order valence-electron chi connectivity index (χ4n) is 1.95. The van der Waals surface area contributed by atoms with E-state index in [0.717, 1.165) is 13.2 Å². The van der Waals surface area contributed by atoms with Crippen molar-refractivity contribution in [1.82, 2.24) is 0 Å². The number of ether oxygens (including phenoxy) is 2. The Balaban J connectivity index is 3.29. The molecule has 0 spiro atoms. The second-order valence-electron chi connectivity index (χ2n) is 4.80. The number of esters is 1. The molecule has 9 heteroatoms. The maximum Gasteiger partial charge on any atom is 0.428 e. The molecular weight excluding hydrogens is 356 g/mol. The monoisotopic (exact) mass is 370 g/mol. The van der Waals surface area contributed by atoms with Gasteiger partial charge in [-0.25, -0.2) is 9.18 Å². The summed E-state index contributed by atoms with van der Waals surface area (Å²) in [6.45, 7) is 4.32. The summed E-state index contributed by atoms with van der Waals surface area (Å²) < 4.78 is 62.5. The second-order valence-corrected chi connectivity index (χ2v) is 5.21. The van der Waals surface area contributed by atoms with E-state index in [1.807, 2.05) is 0 Å². The standard InChI is InChI=1S/C15H15ClF4O4/c1-4-24-13(21)14(22,15(18,19)20)7-8(2)9-5-6-10(16)11(17)12(9)23-3/h5-6,22H,2,4,7H2,1,3H3. The summed E-state index contributed by atoms with van der Waals surface area (Å²) in [5.74, 6) is -3.31. The van der Waals surface area contributed by atoms with Crippen molar-refractivity contribution < 1.29 is 36.9 Å². The SMILES string of the molecule is C=C(CC(O)(C(=O)OCC)C(F)(F)F)c1ccc(Cl)c(F)c1OC. The summed E-state index contributed by atoms with van der Waals surface area (Å²) in [6.07, 6.45) is -6.58. The Hall–Kier alpha value is -1.80. The minimum Gasteiger partial charge on any atom is -0.493 e. The molecule has 134 valence electrons. The van der Waals surface area contributed by atoms with Gasteiger partial charge >= 0.3 is 12.1 Å². The lowest BCUT2D eigenvalue weighted by molar-refractivity contribution is -0.260. The fraction of sp³-hybridized carbons (Fsp3) is 0.400. The summed E-state index contributed by atoms with van der Waals surface area (Å²) in [6, 6.07) is 2.27. The number of aliphatic hydroxyl groups is 1. The average Bonchev–Trinajstić information content (AvgIpc) is 2.48. The van der Waals surface area contributed by atoms with Crippen molar-refractivity contribution in [3.8, 4) is 5.75 Å². The Labute approximate surface area is 140 Å². The van der Waals surface area contributed by atoms with Gasteiger partial charge in [0.25, 0.3) is 5.60 Å². The van der Waals surface area contributed by atoms with E-state index in [1.54, 1.807) is 0 Å². The number of alkyl halides is 3. The Morgan fingerprint density at radius 3 is 2.42 bits per heavy atom. The van der Waals surface area contributed by atoms with Crippen LogP contribution in [0.25, 0.3) is 5.57 Å². The summed E-state index contributed by atoms with van der Waals surface area (Å²) >= 11 is 5.58. The van der Waals surface area contributed by atoms with E-state index in [9.17, 15) is 27.5 Å². The molecule has 1 rings (SSSR count). The molecule has 0 bridgehead atoms. The molecule has 0 amide bonds. The number of halogens is 5. The van der Waals surface area contributed by atoms with Crippen LogP contribution < -0.4 is 4.74 Å². The van der Waals surface area contributed by atoms with Crippen LogP contribution in [0.5, 0.6) is 5.75 Å². The number of rotatable bonds is 6. The number of hydrogen-bond donors (Lipinski definition) is 1. The van der Waals surface area contributed by atoms with Gasteiger partial charge in [-0.15, -0.1) is 0 Å². The number of carbonyl (C=O) groups excluding carboxylic acids is 1. The average molecular weight is 371 g/mol. The zero-order valence-electron chi connectivity index (χ0n) is 12.8. The van der Waals surface area contributed by atoms with Crippen molar-refractivity contribution in [2.24, 2.45) is 0 Å². The first-order chi connectivity index (χ1) is 11.0. The van der Waals surface area contributed by atoms with Crippen molar-refractivity contribution in [1.29, 1.82) is 0 Å². The van der Waals surface area contributed by atoms with Crippen LogP contribution >= 0.6 is 11.6 Å². The van der Waals surface area contributed by atoms with Gasteiger partial charge < -0.3 is 14.6 Å². The van der Waals surface area contributed by atoms with Crippen LogP contribution in [0.4, 0.5) is 17.6 Å². The van der Waals surface area contributed by atoms with E-state index < -0.39 is 35.7 Å².